The number of carbonyl (C=O) groups is 2. The quantitative estimate of drug-likeness (QED) is 0.848. The van der Waals surface area contributed by atoms with Crippen LogP contribution in [0, 0.1) is 0 Å². The molecule has 1 N–H and O–H groups in total. The Morgan fingerprint density at radius 1 is 1.27 bits per heavy atom. The van der Waals surface area contributed by atoms with Gasteiger partial charge in [0, 0.05) is 17.8 Å². The summed E-state index contributed by atoms with van der Waals surface area (Å²) in [4.78, 5) is 26.8. The summed E-state index contributed by atoms with van der Waals surface area (Å²) in [5, 5.41) is 3.94. The molecule has 0 fully saturated rings. The van der Waals surface area contributed by atoms with E-state index in [0.29, 0.717) is 5.01 Å². The van der Waals surface area contributed by atoms with Crippen molar-refractivity contribution in [2.75, 3.05) is 5.43 Å². The van der Waals surface area contributed by atoms with E-state index in [0.717, 1.165) is 10.6 Å². The lowest BCUT2D eigenvalue weighted by Crippen LogP contribution is -2.37. The number of fused-ring (bicyclic) bond motifs is 1. The van der Waals surface area contributed by atoms with Gasteiger partial charge in [0.15, 0.2) is 5.82 Å². The Balaban J connectivity index is 2.05. The van der Waals surface area contributed by atoms with Crippen molar-refractivity contribution in [3.05, 3.63) is 35.8 Å². The van der Waals surface area contributed by atoms with Crippen molar-refractivity contribution in [2.24, 2.45) is 0 Å². The van der Waals surface area contributed by atoms with E-state index in [4.69, 9.17) is 0 Å². The van der Waals surface area contributed by atoms with E-state index >= 15 is 0 Å². The van der Waals surface area contributed by atoms with E-state index in [-0.39, 0.29) is 16.9 Å². The van der Waals surface area contributed by atoms with Gasteiger partial charge in [0.2, 0.25) is 0 Å². The normalized spacial score (nSPS) is 15.6. The number of rotatable bonds is 2. The standard InChI is InChI=1S/C12H8F3N5O2/c1-6-5-8(21)20(10(6)22)17-9-7-3-2-4-19(7)18-11(16-9)12(13,14)15/h2-5H,1H3,(H,16,17,18). The van der Waals surface area contributed by atoms with Gasteiger partial charge in [0.25, 0.3) is 17.6 Å². The number of hydrazine groups is 1. The second-order valence-corrected chi connectivity index (χ2v) is 4.54. The second-order valence-electron chi connectivity index (χ2n) is 4.54. The molecular formula is C12H8F3N5O2. The van der Waals surface area contributed by atoms with Crippen LogP contribution in [0.25, 0.3) is 5.52 Å². The van der Waals surface area contributed by atoms with Crippen LogP contribution < -0.4 is 5.43 Å². The van der Waals surface area contributed by atoms with Crippen LogP contribution in [0.3, 0.4) is 0 Å². The molecular weight excluding hydrogens is 303 g/mol. The minimum Gasteiger partial charge on any atom is -0.270 e. The second kappa shape index (κ2) is 4.55. The number of amides is 2. The zero-order valence-corrected chi connectivity index (χ0v) is 11.0. The summed E-state index contributed by atoms with van der Waals surface area (Å²) in [6, 6.07) is 2.92. The molecule has 0 unspecified atom stereocenters. The van der Waals surface area contributed by atoms with Crippen molar-refractivity contribution in [1.82, 2.24) is 19.6 Å². The zero-order chi connectivity index (χ0) is 16.1. The molecule has 0 spiro atoms. The number of anilines is 1. The van der Waals surface area contributed by atoms with Crippen LogP contribution in [-0.4, -0.2) is 31.4 Å². The first kappa shape index (κ1) is 14.0. The van der Waals surface area contributed by atoms with Crippen LogP contribution in [0.4, 0.5) is 19.0 Å². The minimum absolute atomic E-state index is 0.175. The van der Waals surface area contributed by atoms with E-state index in [9.17, 15) is 22.8 Å². The van der Waals surface area contributed by atoms with Gasteiger partial charge >= 0.3 is 6.18 Å². The fraction of sp³-hybridized carbons (Fsp3) is 0.167. The number of imide groups is 1. The van der Waals surface area contributed by atoms with Crippen LogP contribution in [-0.2, 0) is 15.8 Å². The first-order chi connectivity index (χ1) is 10.3. The number of alkyl halides is 3. The number of hydrogen-bond donors (Lipinski definition) is 1. The topological polar surface area (TPSA) is 79.6 Å². The molecule has 0 radical (unpaired) electrons. The van der Waals surface area contributed by atoms with Crippen LogP contribution >= 0.6 is 0 Å². The predicted molar refractivity (Wildman–Crippen MR) is 67.2 cm³/mol. The van der Waals surface area contributed by atoms with Gasteiger partial charge in [-0.1, -0.05) is 0 Å². The average Bonchev–Trinajstić information content (AvgIpc) is 2.98. The van der Waals surface area contributed by atoms with Gasteiger partial charge in [0.05, 0.1) is 0 Å². The molecule has 0 aliphatic carbocycles. The maximum absolute atomic E-state index is 12.8. The molecule has 0 bridgehead atoms. The predicted octanol–water partition coefficient (Wildman–Crippen LogP) is 1.39. The summed E-state index contributed by atoms with van der Waals surface area (Å²) >= 11 is 0. The van der Waals surface area contributed by atoms with E-state index in [1.165, 1.54) is 25.3 Å². The SMILES string of the molecule is CC1=CC(=O)N(Nc2nc(C(F)(F)F)nn3cccc23)C1=O. The third kappa shape index (κ3) is 2.18. The molecule has 0 aromatic carbocycles. The maximum Gasteiger partial charge on any atom is 0.453 e. The highest BCUT2D eigenvalue weighted by molar-refractivity contribution is 6.16. The third-order valence-electron chi connectivity index (χ3n) is 2.96. The van der Waals surface area contributed by atoms with Crippen LogP contribution in [0.1, 0.15) is 12.7 Å². The molecule has 2 aromatic heterocycles. The summed E-state index contributed by atoms with van der Waals surface area (Å²) in [7, 11) is 0. The smallest absolute Gasteiger partial charge is 0.270 e. The van der Waals surface area contributed by atoms with Gasteiger partial charge in [-0.2, -0.15) is 18.2 Å². The monoisotopic (exact) mass is 311 g/mol. The number of carbonyl (C=O) groups excluding carboxylic acids is 2. The van der Waals surface area contributed by atoms with Crippen molar-refractivity contribution in [3.8, 4) is 0 Å². The lowest BCUT2D eigenvalue weighted by atomic mass is 10.3. The minimum atomic E-state index is -4.76. The summed E-state index contributed by atoms with van der Waals surface area (Å²) in [6.07, 6.45) is -2.38. The fourth-order valence-corrected chi connectivity index (χ4v) is 1.94. The van der Waals surface area contributed by atoms with Crippen molar-refractivity contribution >= 4 is 23.1 Å². The van der Waals surface area contributed by atoms with Crippen LogP contribution in [0.15, 0.2) is 30.0 Å². The zero-order valence-electron chi connectivity index (χ0n) is 11.0. The van der Waals surface area contributed by atoms with E-state index < -0.39 is 23.8 Å². The third-order valence-corrected chi connectivity index (χ3v) is 2.96. The molecule has 10 heteroatoms. The highest BCUT2D eigenvalue weighted by atomic mass is 19.4. The molecule has 2 amide bonds. The van der Waals surface area contributed by atoms with E-state index in [1.807, 2.05) is 0 Å². The van der Waals surface area contributed by atoms with Gasteiger partial charge < -0.3 is 0 Å². The van der Waals surface area contributed by atoms with Crippen LogP contribution in [0.2, 0.25) is 0 Å². The van der Waals surface area contributed by atoms with Gasteiger partial charge in [-0.25, -0.2) is 9.50 Å². The van der Waals surface area contributed by atoms with Gasteiger partial charge in [0.1, 0.15) is 5.52 Å². The molecule has 0 saturated carbocycles. The van der Waals surface area contributed by atoms with Gasteiger partial charge in [-0.3, -0.25) is 15.0 Å². The molecule has 114 valence electrons. The molecule has 7 nitrogen and oxygen atoms in total. The van der Waals surface area contributed by atoms with Crippen molar-refractivity contribution < 1.29 is 22.8 Å². The van der Waals surface area contributed by atoms with Gasteiger partial charge in [-0.05, 0) is 19.1 Å². The van der Waals surface area contributed by atoms with Crippen molar-refractivity contribution in [1.29, 1.82) is 0 Å². The number of hydrogen-bond acceptors (Lipinski definition) is 5. The Bertz CT molecular complexity index is 824. The number of halogens is 3. The maximum atomic E-state index is 12.8. The molecule has 0 saturated heterocycles. The Labute approximate surface area is 121 Å². The molecule has 3 rings (SSSR count). The molecule has 1 aliphatic rings. The Morgan fingerprint density at radius 2 is 2.00 bits per heavy atom. The molecule has 3 heterocycles. The molecule has 0 atom stereocenters. The number of aromatic nitrogens is 3. The first-order valence-corrected chi connectivity index (χ1v) is 6.03. The van der Waals surface area contributed by atoms with Gasteiger partial charge in [-0.15, -0.1) is 5.10 Å². The van der Waals surface area contributed by atoms with Crippen LogP contribution in [0.5, 0.6) is 0 Å². The van der Waals surface area contributed by atoms with Crippen molar-refractivity contribution in [3.63, 3.8) is 0 Å². The summed E-state index contributed by atoms with van der Waals surface area (Å²) in [5.41, 5.74) is 2.69. The lowest BCUT2D eigenvalue weighted by Gasteiger charge is -2.17. The lowest BCUT2D eigenvalue weighted by molar-refractivity contribution is -0.145. The summed E-state index contributed by atoms with van der Waals surface area (Å²) in [5.74, 6) is -3.01. The Hall–Kier alpha value is -2.91. The summed E-state index contributed by atoms with van der Waals surface area (Å²) < 4.78 is 39.4. The molecule has 22 heavy (non-hydrogen) atoms. The molecule has 2 aromatic rings. The fourth-order valence-electron chi connectivity index (χ4n) is 1.94. The number of nitrogens with zero attached hydrogens (tertiary/aromatic N) is 4. The van der Waals surface area contributed by atoms with E-state index in [2.05, 4.69) is 15.5 Å². The highest BCUT2D eigenvalue weighted by Gasteiger charge is 2.37. The first-order valence-electron chi connectivity index (χ1n) is 6.03. The highest BCUT2D eigenvalue weighted by Crippen LogP contribution is 2.28. The molecule has 1 aliphatic heterocycles. The van der Waals surface area contributed by atoms with Crippen molar-refractivity contribution in [2.45, 2.75) is 13.1 Å². The Kier molecular flexibility index (Phi) is 2.90. The Morgan fingerprint density at radius 3 is 2.59 bits per heavy atom. The largest absolute Gasteiger partial charge is 0.453 e. The summed E-state index contributed by atoms with van der Waals surface area (Å²) in [6.45, 7) is 1.43. The number of nitrogens with one attached hydrogen (secondary N) is 1. The average molecular weight is 311 g/mol. The van der Waals surface area contributed by atoms with E-state index in [1.54, 1.807) is 0 Å².